The van der Waals surface area contributed by atoms with E-state index in [2.05, 4.69) is 26.5 Å². The zero-order chi connectivity index (χ0) is 15.2. The summed E-state index contributed by atoms with van der Waals surface area (Å²) < 4.78 is 3.72. The first-order valence-electron chi connectivity index (χ1n) is 6.85. The first-order valence-corrected chi connectivity index (χ1v) is 7.22. The lowest BCUT2D eigenvalue weighted by atomic mass is 9.89. The third kappa shape index (κ3) is 2.45. The third-order valence-electron chi connectivity index (χ3n) is 4.00. The molecule has 1 fully saturated rings. The average Bonchev–Trinajstić information content (AvgIpc) is 3.10. The molecule has 0 spiro atoms. The number of nitriles is 1. The number of rotatable bonds is 3. The zero-order valence-corrected chi connectivity index (χ0v) is 13.5. The van der Waals surface area contributed by atoms with Crippen LogP contribution in [-0.2, 0) is 5.54 Å². The summed E-state index contributed by atoms with van der Waals surface area (Å²) in [6.45, 7) is 1.48. The Morgan fingerprint density at radius 1 is 1.43 bits per heavy atom. The van der Waals surface area contributed by atoms with Crippen molar-refractivity contribution >= 4 is 29.7 Å². The Hall–Kier alpha value is -2.14. The highest BCUT2D eigenvalue weighted by atomic mass is 35.5. The molecule has 0 bridgehead atoms. The predicted octanol–water partition coefficient (Wildman–Crippen LogP) is 1.88. The molecule has 0 atom stereocenters. The lowest BCUT2D eigenvalue weighted by molar-refractivity contribution is 0.160. The summed E-state index contributed by atoms with van der Waals surface area (Å²) >= 11 is 6.07. The van der Waals surface area contributed by atoms with Crippen molar-refractivity contribution in [3.05, 3.63) is 36.0 Å². The second kappa shape index (κ2) is 5.81. The molecule has 1 N–H and O–H groups in total. The van der Waals surface area contributed by atoms with Crippen molar-refractivity contribution in [2.75, 3.05) is 13.1 Å². The van der Waals surface area contributed by atoms with Crippen molar-refractivity contribution in [3.8, 4) is 17.5 Å². The number of nitrogens with zero attached hydrogens (tertiary/aromatic N) is 6. The van der Waals surface area contributed by atoms with E-state index in [-0.39, 0.29) is 17.9 Å². The predicted molar refractivity (Wildman–Crippen MR) is 87.5 cm³/mol. The van der Waals surface area contributed by atoms with E-state index in [1.807, 2.05) is 21.5 Å². The quantitative estimate of drug-likeness (QED) is 0.729. The Bertz CT molecular complexity index is 888. The zero-order valence-electron chi connectivity index (χ0n) is 12.0. The molecule has 1 aliphatic rings. The van der Waals surface area contributed by atoms with E-state index in [1.165, 1.54) is 0 Å². The Morgan fingerprint density at radius 2 is 2.26 bits per heavy atom. The monoisotopic (exact) mass is 349 g/mol. The van der Waals surface area contributed by atoms with Gasteiger partial charge in [0.2, 0.25) is 0 Å². The molecule has 4 rings (SSSR count). The Labute approximate surface area is 143 Å². The summed E-state index contributed by atoms with van der Waals surface area (Å²) in [5.41, 5.74) is 1.31. The van der Waals surface area contributed by atoms with Crippen LogP contribution in [0.5, 0.6) is 0 Å². The molecule has 0 amide bonds. The van der Waals surface area contributed by atoms with Crippen LogP contribution in [0.4, 0.5) is 0 Å². The van der Waals surface area contributed by atoms with Gasteiger partial charge in [0, 0.05) is 37.7 Å². The van der Waals surface area contributed by atoms with Crippen LogP contribution in [0.2, 0.25) is 5.15 Å². The summed E-state index contributed by atoms with van der Waals surface area (Å²) in [5, 5.41) is 17.1. The molecule has 4 heterocycles. The number of nitrogens with one attached hydrogen (secondary N) is 1. The minimum absolute atomic E-state index is 0. The van der Waals surface area contributed by atoms with Gasteiger partial charge in [-0.1, -0.05) is 11.6 Å². The summed E-state index contributed by atoms with van der Waals surface area (Å²) in [6, 6.07) is 3.95. The van der Waals surface area contributed by atoms with Gasteiger partial charge < -0.3 is 5.32 Å². The van der Waals surface area contributed by atoms with Crippen LogP contribution < -0.4 is 5.32 Å². The maximum absolute atomic E-state index is 9.04. The fourth-order valence-electron chi connectivity index (χ4n) is 2.72. The molecule has 0 unspecified atom stereocenters. The van der Waals surface area contributed by atoms with Crippen molar-refractivity contribution in [1.82, 2.24) is 29.5 Å². The van der Waals surface area contributed by atoms with Crippen molar-refractivity contribution < 1.29 is 0 Å². The van der Waals surface area contributed by atoms with E-state index in [0.29, 0.717) is 17.4 Å². The Balaban J connectivity index is 0.00000156. The standard InChI is InChI=1S/C14H12ClN7.ClH/c15-11-5-12-18-3-4-21(12)13(20-11)10-6-19-22(7-10)14(1-2-16)8-17-9-14;/h3-7,17H,1,8-9H2;1H. The molecule has 1 aliphatic heterocycles. The van der Waals surface area contributed by atoms with Crippen molar-refractivity contribution in [2.45, 2.75) is 12.0 Å². The highest BCUT2D eigenvalue weighted by Crippen LogP contribution is 2.28. The van der Waals surface area contributed by atoms with E-state index in [9.17, 15) is 0 Å². The summed E-state index contributed by atoms with van der Waals surface area (Å²) in [6.07, 6.45) is 7.62. The lowest BCUT2D eigenvalue weighted by Crippen LogP contribution is -2.60. The van der Waals surface area contributed by atoms with Crippen LogP contribution in [0.1, 0.15) is 6.42 Å². The Kier molecular flexibility index (Phi) is 3.98. The van der Waals surface area contributed by atoms with Crippen molar-refractivity contribution in [3.63, 3.8) is 0 Å². The van der Waals surface area contributed by atoms with Crippen molar-refractivity contribution in [2.24, 2.45) is 0 Å². The van der Waals surface area contributed by atoms with E-state index in [0.717, 1.165) is 24.3 Å². The van der Waals surface area contributed by atoms with Gasteiger partial charge >= 0.3 is 0 Å². The second-order valence-corrected chi connectivity index (χ2v) is 5.78. The molecule has 0 aromatic carbocycles. The minimum atomic E-state index is -0.264. The Morgan fingerprint density at radius 3 is 2.96 bits per heavy atom. The number of fused-ring (bicyclic) bond motifs is 1. The van der Waals surface area contributed by atoms with E-state index in [4.69, 9.17) is 16.9 Å². The normalized spacial score (nSPS) is 15.7. The average molecular weight is 350 g/mol. The summed E-state index contributed by atoms with van der Waals surface area (Å²) in [7, 11) is 0. The maximum Gasteiger partial charge on any atom is 0.150 e. The van der Waals surface area contributed by atoms with Gasteiger partial charge in [-0.2, -0.15) is 10.4 Å². The number of halogens is 2. The van der Waals surface area contributed by atoms with Gasteiger partial charge in [-0.3, -0.25) is 9.08 Å². The summed E-state index contributed by atoms with van der Waals surface area (Å²) in [4.78, 5) is 8.62. The van der Waals surface area contributed by atoms with Crippen LogP contribution in [0.15, 0.2) is 30.9 Å². The van der Waals surface area contributed by atoms with Crippen LogP contribution in [-0.4, -0.2) is 37.2 Å². The fourth-order valence-corrected chi connectivity index (χ4v) is 2.90. The van der Waals surface area contributed by atoms with Gasteiger partial charge in [0.05, 0.1) is 24.3 Å². The molecule has 23 heavy (non-hydrogen) atoms. The SMILES string of the molecule is Cl.N#CCC1(n2cc(-c3nc(Cl)cc4nccn34)cn2)CNC1. The molecule has 7 nitrogen and oxygen atoms in total. The van der Waals surface area contributed by atoms with Gasteiger partial charge in [0.1, 0.15) is 16.3 Å². The molecule has 3 aromatic heterocycles. The van der Waals surface area contributed by atoms with Gasteiger partial charge in [-0.05, 0) is 0 Å². The third-order valence-corrected chi connectivity index (χ3v) is 4.20. The smallest absolute Gasteiger partial charge is 0.150 e. The molecular formula is C14H13Cl2N7. The highest BCUT2D eigenvalue weighted by Gasteiger charge is 2.39. The number of hydrogen-bond donors (Lipinski definition) is 1. The molecule has 0 aliphatic carbocycles. The molecule has 0 saturated carbocycles. The second-order valence-electron chi connectivity index (χ2n) is 5.39. The van der Waals surface area contributed by atoms with Gasteiger partial charge in [-0.15, -0.1) is 12.4 Å². The van der Waals surface area contributed by atoms with Crippen LogP contribution in [0, 0.1) is 11.3 Å². The molecule has 3 aromatic rings. The maximum atomic E-state index is 9.04. The van der Waals surface area contributed by atoms with Crippen LogP contribution >= 0.6 is 24.0 Å². The highest BCUT2D eigenvalue weighted by molar-refractivity contribution is 6.29. The largest absolute Gasteiger partial charge is 0.312 e. The minimum Gasteiger partial charge on any atom is -0.312 e. The van der Waals surface area contributed by atoms with E-state index >= 15 is 0 Å². The van der Waals surface area contributed by atoms with Gasteiger partial charge in [0.15, 0.2) is 5.82 Å². The molecule has 1 saturated heterocycles. The first kappa shape index (κ1) is 15.7. The van der Waals surface area contributed by atoms with Gasteiger partial charge in [0.25, 0.3) is 0 Å². The molecule has 0 radical (unpaired) electrons. The van der Waals surface area contributed by atoms with Crippen LogP contribution in [0.3, 0.4) is 0 Å². The number of hydrogen-bond acceptors (Lipinski definition) is 5. The molecular weight excluding hydrogens is 337 g/mol. The number of aromatic nitrogens is 5. The van der Waals surface area contributed by atoms with Gasteiger partial charge in [-0.25, -0.2) is 9.97 Å². The summed E-state index contributed by atoms with van der Waals surface area (Å²) in [5.74, 6) is 0.686. The molecule has 9 heteroatoms. The topological polar surface area (TPSA) is 83.8 Å². The lowest BCUT2D eigenvalue weighted by Gasteiger charge is -2.41. The fraction of sp³-hybridized carbons (Fsp3) is 0.286. The first-order chi connectivity index (χ1) is 10.7. The van der Waals surface area contributed by atoms with E-state index < -0.39 is 0 Å². The van der Waals surface area contributed by atoms with E-state index in [1.54, 1.807) is 18.5 Å². The number of imidazole rings is 1. The van der Waals surface area contributed by atoms with Crippen molar-refractivity contribution in [1.29, 1.82) is 5.26 Å². The van der Waals surface area contributed by atoms with Crippen LogP contribution in [0.25, 0.3) is 17.0 Å². The molecule has 118 valence electrons.